The third kappa shape index (κ3) is 4.02. The summed E-state index contributed by atoms with van der Waals surface area (Å²) in [6, 6.07) is 11.2. The maximum atomic E-state index is 12.9. The zero-order chi connectivity index (χ0) is 15.4. The Hall–Kier alpha value is -2.43. The van der Waals surface area contributed by atoms with Gasteiger partial charge >= 0.3 is 0 Å². The molecule has 4 nitrogen and oxygen atoms in total. The lowest BCUT2D eigenvalue weighted by Gasteiger charge is -2.17. The molecular weight excluding hydrogens is 271 g/mol. The van der Waals surface area contributed by atoms with Crippen LogP contribution in [0.4, 0.5) is 15.8 Å². The predicted octanol–water partition coefficient (Wildman–Crippen LogP) is 4.09. The zero-order valence-corrected chi connectivity index (χ0v) is 12.0. The normalized spacial score (nSPS) is 12.0. The molecule has 21 heavy (non-hydrogen) atoms. The van der Waals surface area contributed by atoms with Gasteiger partial charge in [-0.15, -0.1) is 0 Å². The van der Waals surface area contributed by atoms with Crippen molar-refractivity contribution in [2.75, 3.05) is 5.32 Å². The summed E-state index contributed by atoms with van der Waals surface area (Å²) in [6.45, 7) is 3.89. The molecule has 0 aliphatic carbocycles. The summed E-state index contributed by atoms with van der Waals surface area (Å²) in [7, 11) is 0. The molecule has 1 atom stereocenters. The molecule has 0 bridgehead atoms. The van der Waals surface area contributed by atoms with Gasteiger partial charge in [0.05, 0.1) is 4.92 Å². The Morgan fingerprint density at radius 1 is 1.24 bits per heavy atom. The van der Waals surface area contributed by atoms with Crippen LogP contribution in [0.5, 0.6) is 0 Å². The van der Waals surface area contributed by atoms with E-state index in [0.717, 1.165) is 16.8 Å². The highest BCUT2D eigenvalue weighted by Crippen LogP contribution is 2.23. The van der Waals surface area contributed by atoms with Crippen LogP contribution in [0, 0.1) is 22.9 Å². The number of nitro benzene ring substituents is 1. The molecule has 0 aromatic heterocycles. The molecule has 2 aromatic carbocycles. The Morgan fingerprint density at radius 2 is 1.90 bits per heavy atom. The summed E-state index contributed by atoms with van der Waals surface area (Å²) in [5.74, 6) is -0.256. The highest BCUT2D eigenvalue weighted by molar-refractivity contribution is 5.57. The van der Waals surface area contributed by atoms with Crippen molar-refractivity contribution in [2.24, 2.45) is 0 Å². The minimum atomic E-state index is -0.407. The van der Waals surface area contributed by atoms with E-state index < -0.39 is 4.92 Å². The Labute approximate surface area is 122 Å². The molecule has 0 spiro atoms. The summed E-state index contributed by atoms with van der Waals surface area (Å²) >= 11 is 0. The Balaban J connectivity index is 2.08. The predicted molar refractivity (Wildman–Crippen MR) is 81.0 cm³/mol. The number of benzene rings is 2. The summed E-state index contributed by atoms with van der Waals surface area (Å²) < 4.78 is 12.9. The van der Waals surface area contributed by atoms with Crippen LogP contribution in [-0.2, 0) is 6.42 Å². The van der Waals surface area contributed by atoms with Crippen LogP contribution >= 0.6 is 0 Å². The molecule has 0 amide bonds. The van der Waals surface area contributed by atoms with Gasteiger partial charge in [-0.2, -0.15) is 0 Å². The zero-order valence-electron chi connectivity index (χ0n) is 12.0. The third-order valence-electron chi connectivity index (χ3n) is 3.29. The Kier molecular flexibility index (Phi) is 4.52. The summed E-state index contributed by atoms with van der Waals surface area (Å²) in [5.41, 5.74) is 2.78. The summed E-state index contributed by atoms with van der Waals surface area (Å²) in [6.07, 6.45) is 0.711. The maximum absolute atomic E-state index is 12.9. The smallest absolute Gasteiger partial charge is 0.271 e. The van der Waals surface area contributed by atoms with E-state index >= 15 is 0 Å². The number of non-ortho nitro benzene ring substituents is 1. The van der Waals surface area contributed by atoms with E-state index in [2.05, 4.69) is 5.32 Å². The third-order valence-corrected chi connectivity index (χ3v) is 3.29. The van der Waals surface area contributed by atoms with Crippen molar-refractivity contribution in [2.45, 2.75) is 26.3 Å². The first-order chi connectivity index (χ1) is 9.95. The van der Waals surface area contributed by atoms with Gasteiger partial charge < -0.3 is 5.32 Å². The molecule has 5 heteroatoms. The van der Waals surface area contributed by atoms with Crippen LogP contribution in [0.1, 0.15) is 18.1 Å². The highest BCUT2D eigenvalue weighted by atomic mass is 19.1. The second-order valence-corrected chi connectivity index (χ2v) is 5.13. The highest BCUT2D eigenvalue weighted by Gasteiger charge is 2.11. The quantitative estimate of drug-likeness (QED) is 0.666. The molecule has 0 saturated heterocycles. The molecular formula is C16H17FN2O2. The van der Waals surface area contributed by atoms with Crippen molar-refractivity contribution in [1.29, 1.82) is 0 Å². The number of nitrogens with zero attached hydrogens (tertiary/aromatic N) is 1. The fourth-order valence-corrected chi connectivity index (χ4v) is 2.17. The van der Waals surface area contributed by atoms with Crippen LogP contribution in [-0.4, -0.2) is 11.0 Å². The lowest BCUT2D eigenvalue weighted by Crippen LogP contribution is -2.18. The van der Waals surface area contributed by atoms with Gasteiger partial charge in [0, 0.05) is 23.9 Å². The number of nitrogens with one attached hydrogen (secondary N) is 1. The summed E-state index contributed by atoms with van der Waals surface area (Å²) in [4.78, 5) is 10.4. The lowest BCUT2D eigenvalue weighted by atomic mass is 10.1. The fourth-order valence-electron chi connectivity index (χ4n) is 2.17. The number of nitro groups is 1. The van der Waals surface area contributed by atoms with Crippen molar-refractivity contribution in [3.8, 4) is 0 Å². The van der Waals surface area contributed by atoms with Gasteiger partial charge in [-0.3, -0.25) is 10.1 Å². The van der Waals surface area contributed by atoms with Crippen LogP contribution in [0.15, 0.2) is 42.5 Å². The Morgan fingerprint density at radius 3 is 2.52 bits per heavy atom. The van der Waals surface area contributed by atoms with Crippen molar-refractivity contribution < 1.29 is 9.31 Å². The topological polar surface area (TPSA) is 55.2 Å². The monoisotopic (exact) mass is 288 g/mol. The SMILES string of the molecule is Cc1ccc([N+](=O)[O-])cc1NC(C)Cc1ccc(F)cc1. The van der Waals surface area contributed by atoms with E-state index in [9.17, 15) is 14.5 Å². The largest absolute Gasteiger partial charge is 0.382 e. The van der Waals surface area contributed by atoms with Gasteiger partial charge in [0.25, 0.3) is 5.69 Å². The van der Waals surface area contributed by atoms with Crippen molar-refractivity contribution in [1.82, 2.24) is 0 Å². The van der Waals surface area contributed by atoms with E-state index in [4.69, 9.17) is 0 Å². The second-order valence-electron chi connectivity index (χ2n) is 5.13. The van der Waals surface area contributed by atoms with Crippen molar-refractivity contribution >= 4 is 11.4 Å². The number of hydrogen-bond donors (Lipinski definition) is 1. The average molecular weight is 288 g/mol. The Bertz CT molecular complexity index is 641. The molecule has 110 valence electrons. The number of hydrogen-bond acceptors (Lipinski definition) is 3. The number of aryl methyl sites for hydroxylation is 1. The molecule has 1 N–H and O–H groups in total. The maximum Gasteiger partial charge on any atom is 0.271 e. The second kappa shape index (κ2) is 6.35. The lowest BCUT2D eigenvalue weighted by molar-refractivity contribution is -0.384. The first-order valence-electron chi connectivity index (χ1n) is 6.71. The number of halogens is 1. The van der Waals surface area contributed by atoms with Crippen LogP contribution < -0.4 is 5.32 Å². The van der Waals surface area contributed by atoms with E-state index in [0.29, 0.717) is 6.42 Å². The fraction of sp³-hybridized carbons (Fsp3) is 0.250. The van der Waals surface area contributed by atoms with E-state index in [1.807, 2.05) is 13.8 Å². The molecule has 2 aromatic rings. The number of anilines is 1. The molecule has 1 unspecified atom stereocenters. The first kappa shape index (κ1) is 15.0. The molecule has 2 rings (SSSR count). The molecule has 0 fully saturated rings. The van der Waals surface area contributed by atoms with Crippen LogP contribution in [0.3, 0.4) is 0 Å². The molecule has 0 aliphatic rings. The van der Waals surface area contributed by atoms with Gasteiger partial charge in [0.1, 0.15) is 5.82 Å². The minimum absolute atomic E-state index is 0.0667. The van der Waals surface area contributed by atoms with E-state index in [1.165, 1.54) is 24.3 Å². The van der Waals surface area contributed by atoms with Gasteiger partial charge in [-0.25, -0.2) is 4.39 Å². The van der Waals surface area contributed by atoms with Gasteiger partial charge in [-0.1, -0.05) is 18.2 Å². The molecule has 0 radical (unpaired) electrons. The van der Waals surface area contributed by atoms with Crippen molar-refractivity contribution in [3.05, 3.63) is 69.5 Å². The number of rotatable bonds is 5. The van der Waals surface area contributed by atoms with Crippen molar-refractivity contribution in [3.63, 3.8) is 0 Å². The summed E-state index contributed by atoms with van der Waals surface area (Å²) in [5, 5.41) is 14.1. The van der Waals surface area contributed by atoms with Gasteiger partial charge in [-0.05, 0) is 43.5 Å². The van der Waals surface area contributed by atoms with Gasteiger partial charge in [0.15, 0.2) is 0 Å². The molecule has 0 saturated carbocycles. The van der Waals surface area contributed by atoms with E-state index in [-0.39, 0.29) is 17.5 Å². The minimum Gasteiger partial charge on any atom is -0.382 e. The van der Waals surface area contributed by atoms with E-state index in [1.54, 1.807) is 18.2 Å². The average Bonchev–Trinajstić information content (AvgIpc) is 2.43. The van der Waals surface area contributed by atoms with Crippen LogP contribution in [0.2, 0.25) is 0 Å². The first-order valence-corrected chi connectivity index (χ1v) is 6.71. The molecule has 0 aliphatic heterocycles. The van der Waals surface area contributed by atoms with Crippen LogP contribution in [0.25, 0.3) is 0 Å². The van der Waals surface area contributed by atoms with Gasteiger partial charge in [0.2, 0.25) is 0 Å². The standard InChI is InChI=1S/C16H17FN2O2/c1-11-3-8-15(19(20)21)10-16(11)18-12(2)9-13-4-6-14(17)7-5-13/h3-8,10,12,18H,9H2,1-2H3. The molecule has 0 heterocycles.